The topological polar surface area (TPSA) is 72.3 Å². The number of hydrogen-bond donors (Lipinski definition) is 1. The van der Waals surface area contributed by atoms with E-state index in [0.29, 0.717) is 26.2 Å². The van der Waals surface area contributed by atoms with Crippen LogP contribution in [0.25, 0.3) is 0 Å². The van der Waals surface area contributed by atoms with E-state index < -0.39 is 0 Å². The predicted molar refractivity (Wildman–Crippen MR) is 83.3 cm³/mol. The zero-order valence-corrected chi connectivity index (χ0v) is 13.5. The van der Waals surface area contributed by atoms with E-state index in [1.807, 2.05) is 4.57 Å². The van der Waals surface area contributed by atoms with Crippen LogP contribution in [-0.2, 0) is 22.6 Å². The molecule has 0 radical (unpaired) electrons. The van der Waals surface area contributed by atoms with Gasteiger partial charge in [-0.1, -0.05) is 19.3 Å². The number of methoxy groups -OCH3 is 1. The molecule has 2 rings (SSSR count). The summed E-state index contributed by atoms with van der Waals surface area (Å²) in [7, 11) is 1.66. The minimum absolute atomic E-state index is 0.0573. The molecule has 0 atom stereocenters. The van der Waals surface area contributed by atoms with E-state index in [0.717, 1.165) is 18.9 Å². The molecule has 0 saturated carbocycles. The molecule has 7 nitrogen and oxygen atoms in total. The molecule has 1 amide bonds. The van der Waals surface area contributed by atoms with Gasteiger partial charge < -0.3 is 14.6 Å². The predicted octanol–water partition coefficient (Wildman–Crippen LogP) is 0.807. The van der Waals surface area contributed by atoms with E-state index >= 15 is 0 Å². The van der Waals surface area contributed by atoms with E-state index in [2.05, 4.69) is 20.4 Å². The fourth-order valence-electron chi connectivity index (χ4n) is 2.70. The number of nitrogens with one attached hydrogen (secondary N) is 1. The molecule has 0 bridgehead atoms. The Bertz CT molecular complexity index is 441. The monoisotopic (exact) mass is 309 g/mol. The van der Waals surface area contributed by atoms with Crippen LogP contribution in [0.4, 0.5) is 0 Å². The summed E-state index contributed by atoms with van der Waals surface area (Å²) in [4.78, 5) is 14.3. The Hall–Kier alpha value is -1.47. The van der Waals surface area contributed by atoms with Crippen molar-refractivity contribution in [3.8, 4) is 0 Å². The largest absolute Gasteiger partial charge is 0.383 e. The minimum Gasteiger partial charge on any atom is -0.383 e. The average Bonchev–Trinajstić information content (AvgIpc) is 2.93. The number of hydrogen-bond acceptors (Lipinski definition) is 5. The second kappa shape index (κ2) is 9.53. The van der Waals surface area contributed by atoms with E-state index in [4.69, 9.17) is 4.74 Å². The first kappa shape index (κ1) is 16.9. The first-order chi connectivity index (χ1) is 10.8. The molecule has 2 heterocycles. The molecule has 1 aromatic rings. The first-order valence-electron chi connectivity index (χ1n) is 8.14. The van der Waals surface area contributed by atoms with Crippen LogP contribution in [0.15, 0.2) is 6.33 Å². The third kappa shape index (κ3) is 5.73. The van der Waals surface area contributed by atoms with Gasteiger partial charge in [0.15, 0.2) is 5.82 Å². The maximum Gasteiger partial charge on any atom is 0.234 e. The van der Waals surface area contributed by atoms with Gasteiger partial charge in [-0.2, -0.15) is 0 Å². The van der Waals surface area contributed by atoms with Crippen LogP contribution in [0.3, 0.4) is 0 Å². The molecule has 1 saturated heterocycles. The second-order valence-electron chi connectivity index (χ2n) is 5.75. The highest BCUT2D eigenvalue weighted by atomic mass is 16.5. The Balaban J connectivity index is 1.73. The van der Waals surface area contributed by atoms with Crippen molar-refractivity contribution in [3.05, 3.63) is 12.2 Å². The van der Waals surface area contributed by atoms with Crippen LogP contribution < -0.4 is 5.32 Å². The quantitative estimate of drug-likeness (QED) is 0.807. The van der Waals surface area contributed by atoms with Gasteiger partial charge in [-0.25, -0.2) is 0 Å². The summed E-state index contributed by atoms with van der Waals surface area (Å²) in [5.74, 6) is 0.819. The van der Waals surface area contributed by atoms with Crippen molar-refractivity contribution in [1.82, 2.24) is 25.0 Å². The molecule has 1 N–H and O–H groups in total. The normalized spacial score (nSPS) is 17.0. The van der Waals surface area contributed by atoms with Crippen LogP contribution in [0, 0.1) is 0 Å². The standard InChI is InChI=1S/C15H27N5O2/c1-22-10-9-20-13-17-18-14(20)11-16-15(21)12-19-7-5-3-2-4-6-8-19/h13H,2-12H2,1H3,(H,16,21). The lowest BCUT2D eigenvalue weighted by Crippen LogP contribution is -2.38. The van der Waals surface area contributed by atoms with Crippen molar-refractivity contribution < 1.29 is 9.53 Å². The molecule has 1 aliphatic rings. The van der Waals surface area contributed by atoms with E-state index in [1.165, 1.54) is 32.1 Å². The van der Waals surface area contributed by atoms with Crippen LogP contribution >= 0.6 is 0 Å². The lowest BCUT2D eigenvalue weighted by Gasteiger charge is -2.23. The summed E-state index contributed by atoms with van der Waals surface area (Å²) in [6, 6.07) is 0. The zero-order chi connectivity index (χ0) is 15.6. The molecule has 1 fully saturated rings. The molecule has 0 unspecified atom stereocenters. The summed E-state index contributed by atoms with van der Waals surface area (Å²) in [5.41, 5.74) is 0. The Morgan fingerprint density at radius 1 is 1.27 bits per heavy atom. The average molecular weight is 309 g/mol. The smallest absolute Gasteiger partial charge is 0.234 e. The van der Waals surface area contributed by atoms with Crippen LogP contribution in [0.2, 0.25) is 0 Å². The van der Waals surface area contributed by atoms with Gasteiger partial charge in [-0.3, -0.25) is 9.69 Å². The molecule has 1 aliphatic heterocycles. The number of carbonyl (C=O) groups is 1. The van der Waals surface area contributed by atoms with Crippen molar-refractivity contribution >= 4 is 5.91 Å². The van der Waals surface area contributed by atoms with Gasteiger partial charge in [-0.05, 0) is 25.9 Å². The number of ether oxygens (including phenoxy) is 1. The highest BCUT2D eigenvalue weighted by molar-refractivity contribution is 5.77. The fraction of sp³-hybridized carbons (Fsp3) is 0.800. The van der Waals surface area contributed by atoms with Crippen molar-refractivity contribution in [2.45, 2.75) is 45.2 Å². The molecular weight excluding hydrogens is 282 g/mol. The van der Waals surface area contributed by atoms with Gasteiger partial charge >= 0.3 is 0 Å². The van der Waals surface area contributed by atoms with Crippen LogP contribution in [-0.4, -0.2) is 58.9 Å². The van der Waals surface area contributed by atoms with Crippen LogP contribution in [0.5, 0.6) is 0 Å². The number of likely N-dealkylation sites (tertiary alicyclic amines) is 1. The summed E-state index contributed by atoms with van der Waals surface area (Å²) >= 11 is 0. The van der Waals surface area contributed by atoms with Gasteiger partial charge in [0.1, 0.15) is 6.33 Å². The van der Waals surface area contributed by atoms with Crippen molar-refractivity contribution in [2.24, 2.45) is 0 Å². The number of carbonyl (C=O) groups excluding carboxylic acids is 1. The molecule has 0 spiro atoms. The third-order valence-corrected chi connectivity index (χ3v) is 3.99. The van der Waals surface area contributed by atoms with Gasteiger partial charge in [0.05, 0.1) is 19.7 Å². The number of nitrogens with zero attached hydrogens (tertiary/aromatic N) is 4. The summed E-state index contributed by atoms with van der Waals surface area (Å²) in [6.45, 7) is 4.24. The second-order valence-corrected chi connectivity index (χ2v) is 5.75. The van der Waals surface area contributed by atoms with Gasteiger partial charge in [0, 0.05) is 13.7 Å². The Labute approximate surface area is 132 Å². The Morgan fingerprint density at radius 3 is 2.73 bits per heavy atom. The summed E-state index contributed by atoms with van der Waals surface area (Å²) < 4.78 is 6.95. The maximum absolute atomic E-state index is 12.1. The SMILES string of the molecule is COCCn1cnnc1CNC(=O)CN1CCCCCCC1. The van der Waals surface area contributed by atoms with Crippen LogP contribution in [0.1, 0.15) is 37.9 Å². The fourth-order valence-corrected chi connectivity index (χ4v) is 2.70. The lowest BCUT2D eigenvalue weighted by atomic mass is 10.1. The number of aromatic nitrogens is 3. The molecule has 0 aliphatic carbocycles. The van der Waals surface area contributed by atoms with Gasteiger partial charge in [0.2, 0.25) is 5.91 Å². The maximum atomic E-state index is 12.1. The summed E-state index contributed by atoms with van der Waals surface area (Å²) in [5, 5.41) is 10.9. The molecule has 1 aromatic heterocycles. The zero-order valence-electron chi connectivity index (χ0n) is 13.5. The highest BCUT2D eigenvalue weighted by Gasteiger charge is 2.13. The molecule has 124 valence electrons. The van der Waals surface area contributed by atoms with E-state index in [9.17, 15) is 4.79 Å². The molecule has 7 heteroatoms. The van der Waals surface area contributed by atoms with Gasteiger partial charge in [0.25, 0.3) is 0 Å². The highest BCUT2D eigenvalue weighted by Crippen LogP contribution is 2.09. The van der Waals surface area contributed by atoms with Crippen molar-refractivity contribution in [2.75, 3.05) is 33.4 Å². The lowest BCUT2D eigenvalue weighted by molar-refractivity contribution is -0.122. The molecule has 0 aromatic carbocycles. The van der Waals surface area contributed by atoms with Crippen molar-refractivity contribution in [1.29, 1.82) is 0 Å². The molecule has 22 heavy (non-hydrogen) atoms. The van der Waals surface area contributed by atoms with E-state index in [1.54, 1.807) is 13.4 Å². The Kier molecular flexibility index (Phi) is 7.32. The number of rotatable bonds is 7. The number of amides is 1. The summed E-state index contributed by atoms with van der Waals surface area (Å²) in [6.07, 6.45) is 7.94. The van der Waals surface area contributed by atoms with E-state index in [-0.39, 0.29) is 5.91 Å². The minimum atomic E-state index is 0.0573. The van der Waals surface area contributed by atoms with Gasteiger partial charge in [-0.15, -0.1) is 10.2 Å². The first-order valence-corrected chi connectivity index (χ1v) is 8.14. The third-order valence-electron chi connectivity index (χ3n) is 3.99. The molecular formula is C15H27N5O2. The Morgan fingerprint density at radius 2 is 2.00 bits per heavy atom. The van der Waals surface area contributed by atoms with Crippen molar-refractivity contribution in [3.63, 3.8) is 0 Å².